The molecule has 2 amide bonds. The van der Waals surface area contributed by atoms with Crippen molar-refractivity contribution in [1.29, 1.82) is 0 Å². The van der Waals surface area contributed by atoms with Gasteiger partial charge in [0.1, 0.15) is 18.4 Å². The molecule has 1 aromatic heterocycles. The van der Waals surface area contributed by atoms with E-state index >= 15 is 0 Å². The Kier molecular flexibility index (Phi) is 8.34. The molecule has 6 nitrogen and oxygen atoms in total. The maximum Gasteiger partial charge on any atom is 0.245 e. The number of benzene rings is 3. The van der Waals surface area contributed by atoms with Crippen molar-refractivity contribution in [2.45, 2.75) is 44.4 Å². The van der Waals surface area contributed by atoms with Crippen LogP contribution in [0.25, 0.3) is 10.9 Å². The molecular formula is C31H33N3O3S. The summed E-state index contributed by atoms with van der Waals surface area (Å²) in [6, 6.07) is 25.0. The lowest BCUT2D eigenvalue weighted by Crippen LogP contribution is -2.51. The second-order valence-electron chi connectivity index (χ2n) is 9.79. The minimum atomic E-state index is -0.643. The molecule has 2 N–H and O–H groups in total. The van der Waals surface area contributed by atoms with E-state index in [0.29, 0.717) is 25.3 Å². The third kappa shape index (κ3) is 6.22. The summed E-state index contributed by atoms with van der Waals surface area (Å²) >= 11 is 4.46. The highest BCUT2D eigenvalue weighted by Crippen LogP contribution is 2.23. The molecule has 0 unspecified atom stereocenters. The number of nitrogens with one attached hydrogen (secondary N) is 2. The molecule has 0 bridgehead atoms. The molecule has 7 heteroatoms. The average Bonchev–Trinajstić information content (AvgIpc) is 3.60. The highest BCUT2D eigenvalue weighted by atomic mass is 32.1. The fourth-order valence-corrected chi connectivity index (χ4v) is 5.49. The number of rotatable bonds is 10. The maximum atomic E-state index is 13.6. The van der Waals surface area contributed by atoms with Crippen LogP contribution in [0.4, 0.5) is 0 Å². The molecule has 4 aromatic rings. The molecule has 3 aromatic carbocycles. The van der Waals surface area contributed by atoms with Crippen LogP contribution in [-0.4, -0.2) is 46.1 Å². The van der Waals surface area contributed by atoms with E-state index in [2.05, 4.69) is 22.9 Å². The van der Waals surface area contributed by atoms with Gasteiger partial charge in [0.25, 0.3) is 0 Å². The van der Waals surface area contributed by atoms with E-state index in [1.165, 1.54) is 0 Å². The molecule has 1 aliphatic heterocycles. The molecule has 0 aliphatic carbocycles. The van der Waals surface area contributed by atoms with Crippen molar-refractivity contribution in [2.24, 2.45) is 0 Å². The van der Waals surface area contributed by atoms with Gasteiger partial charge in [0.05, 0.1) is 6.42 Å². The summed E-state index contributed by atoms with van der Waals surface area (Å²) in [6.07, 6.45) is 4.46. The molecule has 1 aliphatic rings. The predicted molar refractivity (Wildman–Crippen MR) is 153 cm³/mol. The van der Waals surface area contributed by atoms with Crippen LogP contribution in [-0.2, 0) is 29.0 Å². The molecule has 1 saturated heterocycles. The van der Waals surface area contributed by atoms with Crippen LogP contribution in [0.3, 0.4) is 0 Å². The Balaban J connectivity index is 1.25. The molecule has 38 heavy (non-hydrogen) atoms. The number of ether oxygens (including phenoxy) is 1. The van der Waals surface area contributed by atoms with Gasteiger partial charge in [-0.1, -0.05) is 60.7 Å². The Labute approximate surface area is 228 Å². The Morgan fingerprint density at radius 2 is 1.76 bits per heavy atom. The zero-order chi connectivity index (χ0) is 26.3. The van der Waals surface area contributed by atoms with Gasteiger partial charge in [-0.25, -0.2) is 0 Å². The average molecular weight is 528 g/mol. The van der Waals surface area contributed by atoms with Gasteiger partial charge in [0.2, 0.25) is 11.8 Å². The van der Waals surface area contributed by atoms with Crippen molar-refractivity contribution in [3.63, 3.8) is 0 Å². The standard InChI is InChI=1S/C31H33N3O3S/c35-30(17-22-12-14-26(15-13-22)37-20-23-7-2-1-3-8-23)33-29(31(36)34-16-6-9-25(34)21-38)18-24-19-32-28-11-5-4-10-27(24)28/h1-5,7-8,10-15,19,25,29,32,38H,6,9,16-18,20-21H2,(H,33,35)/t25-,29-/m1/s1. The number of thiol groups is 1. The zero-order valence-electron chi connectivity index (χ0n) is 21.3. The van der Waals surface area contributed by atoms with Gasteiger partial charge in [-0.15, -0.1) is 0 Å². The van der Waals surface area contributed by atoms with Gasteiger partial charge < -0.3 is 19.9 Å². The maximum absolute atomic E-state index is 13.6. The van der Waals surface area contributed by atoms with Crippen molar-refractivity contribution < 1.29 is 14.3 Å². The minimum absolute atomic E-state index is 0.0372. The van der Waals surface area contributed by atoms with E-state index in [1.54, 1.807) is 0 Å². The van der Waals surface area contributed by atoms with Gasteiger partial charge in [0.15, 0.2) is 0 Å². The van der Waals surface area contributed by atoms with Crippen molar-refractivity contribution in [3.8, 4) is 5.75 Å². The molecule has 0 spiro atoms. The Hall–Kier alpha value is -3.71. The molecular weight excluding hydrogens is 494 g/mol. The number of carbonyl (C=O) groups excluding carboxylic acids is 2. The lowest BCUT2D eigenvalue weighted by atomic mass is 10.0. The first-order valence-corrected chi connectivity index (χ1v) is 13.8. The lowest BCUT2D eigenvalue weighted by Gasteiger charge is -2.28. The predicted octanol–water partition coefficient (Wildman–Crippen LogP) is 4.94. The SMILES string of the molecule is O=C(Cc1ccc(OCc2ccccc2)cc1)N[C@H](Cc1c[nH]c2ccccc12)C(=O)N1CCC[C@@H]1CS. The van der Waals surface area contributed by atoms with Gasteiger partial charge in [-0.05, 0) is 47.7 Å². The normalized spacial score (nSPS) is 15.9. The van der Waals surface area contributed by atoms with Crippen LogP contribution in [0.15, 0.2) is 85.1 Å². The molecule has 2 heterocycles. The molecule has 2 atom stereocenters. The van der Waals surface area contributed by atoms with Gasteiger partial charge >= 0.3 is 0 Å². The van der Waals surface area contributed by atoms with Gasteiger partial charge in [-0.3, -0.25) is 9.59 Å². The quantitative estimate of drug-likeness (QED) is 0.256. The van der Waals surface area contributed by atoms with E-state index in [9.17, 15) is 9.59 Å². The number of H-pyrrole nitrogens is 1. The number of para-hydroxylation sites is 1. The molecule has 5 rings (SSSR count). The summed E-state index contributed by atoms with van der Waals surface area (Å²) in [6.45, 7) is 1.19. The number of aromatic nitrogens is 1. The number of nitrogens with zero attached hydrogens (tertiary/aromatic N) is 1. The van der Waals surface area contributed by atoms with Crippen molar-refractivity contribution in [3.05, 3.63) is 102 Å². The number of likely N-dealkylation sites (tertiary alicyclic amines) is 1. The van der Waals surface area contributed by atoms with E-state index in [0.717, 1.165) is 46.2 Å². The van der Waals surface area contributed by atoms with Crippen molar-refractivity contribution >= 4 is 35.3 Å². The largest absolute Gasteiger partial charge is 0.489 e. The number of aromatic amines is 1. The van der Waals surface area contributed by atoms with E-state index in [-0.39, 0.29) is 24.3 Å². The van der Waals surface area contributed by atoms with Crippen LogP contribution in [0.5, 0.6) is 5.75 Å². The van der Waals surface area contributed by atoms with Crippen molar-refractivity contribution in [1.82, 2.24) is 15.2 Å². The van der Waals surface area contributed by atoms with E-state index < -0.39 is 6.04 Å². The lowest BCUT2D eigenvalue weighted by molar-refractivity contribution is -0.136. The van der Waals surface area contributed by atoms with Crippen molar-refractivity contribution in [2.75, 3.05) is 12.3 Å². The van der Waals surface area contributed by atoms with Crippen LogP contribution in [0.1, 0.15) is 29.5 Å². The Bertz CT molecular complexity index is 1370. The van der Waals surface area contributed by atoms with E-state index in [1.807, 2.05) is 90.0 Å². The summed E-state index contributed by atoms with van der Waals surface area (Å²) in [5.74, 6) is 1.16. The number of hydrogen-bond acceptors (Lipinski definition) is 4. The summed E-state index contributed by atoms with van der Waals surface area (Å²) in [5.41, 5.74) is 3.99. The molecule has 196 valence electrons. The first-order chi connectivity index (χ1) is 18.6. The second-order valence-corrected chi connectivity index (χ2v) is 10.2. The summed E-state index contributed by atoms with van der Waals surface area (Å²) in [7, 11) is 0. The summed E-state index contributed by atoms with van der Waals surface area (Å²) in [4.78, 5) is 32.0. The van der Waals surface area contributed by atoms with Gasteiger partial charge in [0, 0.05) is 41.9 Å². The number of amides is 2. The number of hydrogen-bond donors (Lipinski definition) is 3. The van der Waals surface area contributed by atoms with Crippen LogP contribution >= 0.6 is 12.6 Å². The minimum Gasteiger partial charge on any atom is -0.489 e. The third-order valence-electron chi connectivity index (χ3n) is 7.14. The number of carbonyl (C=O) groups is 2. The first kappa shape index (κ1) is 25.9. The second kappa shape index (κ2) is 12.2. The Morgan fingerprint density at radius 1 is 1.00 bits per heavy atom. The van der Waals surface area contributed by atoms with Crippen LogP contribution in [0, 0.1) is 0 Å². The molecule has 0 radical (unpaired) electrons. The van der Waals surface area contributed by atoms with Crippen LogP contribution in [0.2, 0.25) is 0 Å². The monoisotopic (exact) mass is 527 g/mol. The van der Waals surface area contributed by atoms with Gasteiger partial charge in [-0.2, -0.15) is 12.6 Å². The molecule has 0 saturated carbocycles. The zero-order valence-corrected chi connectivity index (χ0v) is 22.2. The highest BCUT2D eigenvalue weighted by molar-refractivity contribution is 7.80. The third-order valence-corrected chi connectivity index (χ3v) is 7.56. The molecule has 1 fully saturated rings. The fraction of sp³-hybridized carbons (Fsp3) is 0.290. The number of fused-ring (bicyclic) bond motifs is 1. The first-order valence-electron chi connectivity index (χ1n) is 13.1. The summed E-state index contributed by atoms with van der Waals surface area (Å²) < 4.78 is 5.86. The smallest absolute Gasteiger partial charge is 0.245 e. The summed E-state index contributed by atoms with van der Waals surface area (Å²) in [5, 5.41) is 4.12. The topological polar surface area (TPSA) is 74.4 Å². The fourth-order valence-electron chi connectivity index (χ4n) is 5.11. The van der Waals surface area contributed by atoms with Crippen LogP contribution < -0.4 is 10.1 Å². The Morgan fingerprint density at radius 3 is 2.55 bits per heavy atom. The highest BCUT2D eigenvalue weighted by Gasteiger charge is 2.33. The van der Waals surface area contributed by atoms with E-state index in [4.69, 9.17) is 4.74 Å².